The van der Waals surface area contributed by atoms with Crippen LogP contribution in [0.5, 0.6) is 5.75 Å². The first-order chi connectivity index (χ1) is 48.9. The summed E-state index contributed by atoms with van der Waals surface area (Å²) in [5.74, 6) is -10.1. The minimum Gasteiger partial charge on any atom is -0.508 e. The second-order valence-corrected chi connectivity index (χ2v) is 30.7. The fourth-order valence-corrected chi connectivity index (χ4v) is 14.8. The zero-order valence-electron chi connectivity index (χ0n) is 60.6. The van der Waals surface area contributed by atoms with Crippen LogP contribution in [-0.4, -0.2) is 201 Å². The number of phenols is 1. The summed E-state index contributed by atoms with van der Waals surface area (Å²) in [5.41, 5.74) is 5.73. The highest BCUT2D eigenvalue weighted by atomic mass is 33.1. The predicted molar refractivity (Wildman–Crippen MR) is 391 cm³/mol. The number of aromatic hydroxyl groups is 1. The number of amides is 8. The summed E-state index contributed by atoms with van der Waals surface area (Å²) < 4.78 is 16.8. The van der Waals surface area contributed by atoms with Crippen molar-refractivity contribution in [2.45, 2.75) is 218 Å². The standard InChI is InChI=1S/C70H104BN11O18S3/c1-10-18-59(88)99-40-82(67(94)60(42(5)11-2)77-65(93)54-21-15-16-30-81(54)9)55(41(3)4)37-56(100-45(8)83)66-76-52(38-101-66)64(92)72-48(34-47-23-25-49(84)26-24-47)33-43(6)61(89)79-80-69(97)98-31-32-102-103-39-53(68(95)96)75-62(90)50(35-46-19-13-12-14-20-46)74-63(91)51(36-58(86)87)73-57(85)27-22-44(7)78-70(71)28-17-29-70/h12-14,19-20,23-26,38,41-44,48,50-51,53-56,60,78,84H,10-11,15-18,21-22,27-37,39-40,71H2,1-9H3,(H,72,92)(H,73,85)(H,74,91)(H,75,90)(H,77,93)(H,79,89)(H,80,97)(H,86,87)(H,95,96)/t42?,43-,44+,48+,50-,51-,53-,54+,55+,56-,60-/m0/s1. The van der Waals surface area contributed by atoms with E-state index in [0.29, 0.717) is 36.8 Å². The van der Waals surface area contributed by atoms with Crippen molar-refractivity contribution in [3.8, 4) is 5.75 Å². The van der Waals surface area contributed by atoms with Crippen LogP contribution in [0.15, 0.2) is 60.0 Å². The van der Waals surface area contributed by atoms with Crippen molar-refractivity contribution in [3.63, 3.8) is 0 Å². The van der Waals surface area contributed by atoms with Gasteiger partial charge in [-0.25, -0.2) is 20.0 Å². The molecule has 1 saturated heterocycles. The van der Waals surface area contributed by atoms with Gasteiger partial charge in [0.25, 0.3) is 5.91 Å². The molecule has 1 saturated carbocycles. The van der Waals surface area contributed by atoms with Gasteiger partial charge in [0, 0.05) is 73.5 Å². The molecular weight excluding hydrogens is 1390 g/mol. The lowest BCUT2D eigenvalue weighted by Gasteiger charge is -2.42. The van der Waals surface area contributed by atoms with Gasteiger partial charge in [0.2, 0.25) is 35.4 Å². The molecule has 11 N–H and O–H groups in total. The molecule has 103 heavy (non-hydrogen) atoms. The van der Waals surface area contributed by atoms with E-state index in [-0.39, 0.29) is 102 Å². The molecule has 5 rings (SSSR count). The molecule has 2 heterocycles. The lowest BCUT2D eigenvalue weighted by atomic mass is 9.62. The van der Waals surface area contributed by atoms with E-state index in [1.165, 1.54) is 29.3 Å². The Hall–Kier alpha value is -8.01. The third-order valence-electron chi connectivity index (χ3n) is 18.2. The Morgan fingerprint density at radius 3 is 2.08 bits per heavy atom. The number of hydrogen-bond donors (Lipinski definition) is 11. The molecule has 2 aromatic carbocycles. The number of piperidine rings is 1. The second-order valence-electron chi connectivity index (χ2n) is 27.2. The number of nitrogens with one attached hydrogen (secondary N) is 8. The third kappa shape index (κ3) is 29.6. The molecule has 0 radical (unpaired) electrons. The van der Waals surface area contributed by atoms with Gasteiger partial charge >= 0.3 is 30.0 Å². The highest BCUT2D eigenvalue weighted by Gasteiger charge is 2.41. The van der Waals surface area contributed by atoms with E-state index < -0.39 is 133 Å². The fraction of sp³-hybridized carbons (Fsp3) is 0.614. The normalized spacial score (nSPS) is 17.0. The van der Waals surface area contributed by atoms with Crippen LogP contribution in [0, 0.1) is 17.8 Å². The monoisotopic (exact) mass is 1490 g/mol. The van der Waals surface area contributed by atoms with E-state index >= 15 is 4.79 Å². The van der Waals surface area contributed by atoms with Crippen LogP contribution in [0.25, 0.3) is 0 Å². The number of nitrogens with zero attached hydrogens (tertiary/aromatic N) is 3. The summed E-state index contributed by atoms with van der Waals surface area (Å²) in [6.45, 7) is 14.1. The Labute approximate surface area is 615 Å². The Morgan fingerprint density at radius 1 is 0.777 bits per heavy atom. The highest BCUT2D eigenvalue weighted by molar-refractivity contribution is 8.76. The Bertz CT molecular complexity index is 3320. The van der Waals surface area contributed by atoms with E-state index in [1.54, 1.807) is 49.4 Å². The van der Waals surface area contributed by atoms with E-state index in [9.17, 15) is 68.1 Å². The molecule has 1 aliphatic carbocycles. The number of ether oxygens (including phenoxy) is 3. The zero-order chi connectivity index (χ0) is 75.9. The number of likely N-dealkylation sites (N-methyl/N-ethyl adjacent to an activating group) is 1. The summed E-state index contributed by atoms with van der Waals surface area (Å²) in [7, 11) is 6.13. The maximum absolute atomic E-state index is 15.0. The number of rotatable bonds is 43. The Balaban J connectivity index is 1.17. The molecule has 2 aliphatic rings. The number of aliphatic carboxylic acids is 2. The van der Waals surface area contributed by atoms with Gasteiger partial charge < -0.3 is 66.3 Å². The molecule has 1 unspecified atom stereocenters. The lowest BCUT2D eigenvalue weighted by molar-refractivity contribution is -0.160. The van der Waals surface area contributed by atoms with E-state index in [1.807, 2.05) is 53.5 Å². The summed E-state index contributed by atoms with van der Waals surface area (Å²) in [6, 6.07) is 7.35. The molecule has 1 aromatic heterocycles. The third-order valence-corrected chi connectivity index (χ3v) is 21.5. The average Bonchev–Trinajstić information content (AvgIpc) is 1.80. The van der Waals surface area contributed by atoms with Gasteiger partial charge in [0.05, 0.1) is 12.5 Å². The van der Waals surface area contributed by atoms with Crippen LogP contribution in [0.1, 0.15) is 178 Å². The molecule has 3 aromatic rings. The highest BCUT2D eigenvalue weighted by Crippen LogP contribution is 2.33. The van der Waals surface area contributed by atoms with Gasteiger partial charge in [0.1, 0.15) is 55.1 Å². The summed E-state index contributed by atoms with van der Waals surface area (Å²) in [6.07, 6.45) is 4.22. The molecule has 8 amide bonds. The first kappa shape index (κ1) is 85.6. The van der Waals surface area contributed by atoms with Crippen LogP contribution in [0.4, 0.5) is 4.79 Å². The molecule has 0 bridgehead atoms. The molecule has 29 nitrogen and oxygen atoms in total. The number of carbonyl (C=O) groups is 12. The first-order valence-corrected chi connectivity index (χ1v) is 38.6. The van der Waals surface area contributed by atoms with Crippen molar-refractivity contribution < 1.29 is 87.1 Å². The molecular formula is C70H104BN11O18S3. The number of hydrogen-bond acceptors (Lipinski definition) is 22. The minimum absolute atomic E-state index is 0.000173. The quantitative estimate of drug-likeness (QED) is 0.00672. The molecule has 0 spiro atoms. The van der Waals surface area contributed by atoms with Crippen LogP contribution >= 0.6 is 32.9 Å². The summed E-state index contributed by atoms with van der Waals surface area (Å²) in [5, 5.41) is 48.5. The van der Waals surface area contributed by atoms with Gasteiger partial charge in [-0.1, -0.05) is 125 Å². The number of carboxylic acids is 2. The first-order valence-electron chi connectivity index (χ1n) is 35.2. The van der Waals surface area contributed by atoms with Crippen molar-refractivity contribution in [2.75, 3.05) is 38.4 Å². The number of phenolic OH excluding ortho intramolecular Hbond substituents is 1. The maximum atomic E-state index is 15.0. The SMILES string of the molecule is BC1(N[C@H](C)CCC(=O)N[C@@H](CC(=O)O)C(=O)N[C@@H](Cc2ccccc2)C(=O)N[C@@H](CSSCCOC(=O)NNC(=O)[C@@H](C)C[C@H](Cc2ccc(O)cc2)NC(=O)c2csc([C@H](C[C@H](C(C)C)N(COC(=O)CCC)C(=O)[C@@H](NC(=O)[C@H]3CCCCN3C)C(C)CC)OC(C)=O)n2)C(=O)O)CCC1. The fourth-order valence-electron chi connectivity index (χ4n) is 12.0. The van der Waals surface area contributed by atoms with Gasteiger partial charge in [-0.05, 0) is 112 Å². The number of carbonyl (C=O) groups excluding carboxylic acids is 10. The summed E-state index contributed by atoms with van der Waals surface area (Å²) >= 11 is 1.03. The van der Waals surface area contributed by atoms with Crippen LogP contribution in [-0.2, 0) is 75.0 Å². The van der Waals surface area contributed by atoms with Crippen LogP contribution in [0.3, 0.4) is 0 Å². The number of benzene rings is 2. The molecule has 33 heteroatoms. The van der Waals surface area contributed by atoms with Gasteiger partial charge in [-0.3, -0.25) is 58.3 Å². The van der Waals surface area contributed by atoms with Gasteiger partial charge in [0.15, 0.2) is 12.8 Å². The minimum atomic E-state index is -1.55. The largest absolute Gasteiger partial charge is 0.508 e. The number of carboxylic acid groups (broad SMARTS) is 2. The maximum Gasteiger partial charge on any atom is 0.426 e. The average molecular weight is 1490 g/mol. The number of thiazole rings is 1. The molecule has 2 fully saturated rings. The van der Waals surface area contributed by atoms with Crippen LogP contribution < -0.4 is 42.8 Å². The number of aromatic nitrogens is 1. The molecule has 11 atom stereocenters. The number of hydrazine groups is 1. The lowest BCUT2D eigenvalue weighted by Crippen LogP contribution is -2.59. The van der Waals surface area contributed by atoms with Crippen molar-refractivity contribution in [3.05, 3.63) is 81.8 Å². The smallest absolute Gasteiger partial charge is 0.426 e. The zero-order valence-corrected chi connectivity index (χ0v) is 63.0. The van der Waals surface area contributed by atoms with Crippen molar-refractivity contribution in [1.82, 2.24) is 57.5 Å². The topological polar surface area (TPSA) is 409 Å². The Morgan fingerprint density at radius 2 is 1.46 bits per heavy atom. The van der Waals surface area contributed by atoms with Crippen molar-refractivity contribution >= 4 is 112 Å². The Kier molecular flexibility index (Phi) is 36.0. The molecule has 1 aliphatic heterocycles. The van der Waals surface area contributed by atoms with Crippen molar-refractivity contribution in [2.24, 2.45) is 17.8 Å². The van der Waals surface area contributed by atoms with Gasteiger partial charge in [-0.2, -0.15) is 0 Å². The van der Waals surface area contributed by atoms with Crippen molar-refractivity contribution in [1.29, 1.82) is 0 Å². The number of esters is 2. The predicted octanol–water partition coefficient (Wildman–Crippen LogP) is 5.05. The number of likely N-dealkylation sites (tertiary alicyclic amines) is 1. The summed E-state index contributed by atoms with van der Waals surface area (Å²) in [4.78, 5) is 168. The van der Waals surface area contributed by atoms with Crippen LogP contribution in [0.2, 0.25) is 0 Å². The second kappa shape index (κ2) is 43.3. The van der Waals surface area contributed by atoms with Gasteiger partial charge in [-0.15, -0.1) is 11.3 Å². The van der Waals surface area contributed by atoms with E-state index in [0.717, 1.165) is 71.6 Å². The molecule has 568 valence electrons. The van der Waals surface area contributed by atoms with E-state index in [2.05, 4.69) is 55.6 Å². The van der Waals surface area contributed by atoms with E-state index in [4.69, 9.17) is 14.2 Å².